The Labute approximate surface area is 106 Å². The molecule has 0 radical (unpaired) electrons. The smallest absolute Gasteiger partial charge is 0.240 e. The number of aryl methyl sites for hydroxylation is 2. The van der Waals surface area contributed by atoms with E-state index in [1.807, 2.05) is 6.07 Å². The fourth-order valence-electron chi connectivity index (χ4n) is 1.66. The van der Waals surface area contributed by atoms with E-state index in [1.165, 1.54) is 6.07 Å². The van der Waals surface area contributed by atoms with E-state index in [0.29, 0.717) is 11.3 Å². The van der Waals surface area contributed by atoms with Crippen LogP contribution < -0.4 is 10.5 Å². The fraction of sp³-hybridized carbons (Fsp3) is 0.455. The van der Waals surface area contributed by atoms with E-state index in [4.69, 9.17) is 10.2 Å². The van der Waals surface area contributed by atoms with Gasteiger partial charge in [-0.3, -0.25) is 0 Å². The molecule has 6 nitrogen and oxygen atoms in total. The Kier molecular flexibility index (Phi) is 4.69. The third kappa shape index (κ3) is 3.67. The maximum Gasteiger partial charge on any atom is 0.240 e. The molecule has 0 saturated heterocycles. The lowest BCUT2D eigenvalue weighted by atomic mass is 10.1. The van der Waals surface area contributed by atoms with Gasteiger partial charge in [0.1, 0.15) is 4.90 Å². The van der Waals surface area contributed by atoms with E-state index in [0.717, 1.165) is 5.56 Å². The number of hydrogen-bond acceptors (Lipinski definition) is 5. The maximum atomic E-state index is 11.5. The molecule has 1 atom stereocenters. The minimum atomic E-state index is -3.84. The monoisotopic (exact) mass is 274 g/mol. The molecule has 0 aliphatic heterocycles. The van der Waals surface area contributed by atoms with Gasteiger partial charge < -0.3 is 15.5 Å². The average Bonchev–Trinajstić information content (AvgIpc) is 2.25. The fourth-order valence-corrected chi connectivity index (χ4v) is 2.53. The van der Waals surface area contributed by atoms with Crippen LogP contribution in [0.25, 0.3) is 0 Å². The highest BCUT2D eigenvalue weighted by atomic mass is 32.2. The second-order valence-electron chi connectivity index (χ2n) is 4.22. The quantitative estimate of drug-likeness (QED) is 0.589. The average molecular weight is 274 g/mol. The molecule has 1 unspecified atom stereocenters. The summed E-state index contributed by atoms with van der Waals surface area (Å²) in [5.74, 6) is 0. The molecule has 102 valence electrons. The van der Waals surface area contributed by atoms with Gasteiger partial charge in [-0.15, -0.1) is 0 Å². The van der Waals surface area contributed by atoms with Crippen LogP contribution >= 0.6 is 0 Å². The normalized spacial score (nSPS) is 13.4. The van der Waals surface area contributed by atoms with Gasteiger partial charge in [0.25, 0.3) is 0 Å². The number of anilines is 1. The lowest BCUT2D eigenvalue weighted by Crippen LogP contribution is -2.25. The summed E-state index contributed by atoms with van der Waals surface area (Å²) in [6.07, 6.45) is -0.959. The summed E-state index contributed by atoms with van der Waals surface area (Å²) in [4.78, 5) is -0.00913. The van der Waals surface area contributed by atoms with Crippen LogP contribution in [0.3, 0.4) is 0 Å². The number of nitrogens with two attached hydrogens (primary N) is 1. The highest BCUT2D eigenvalue weighted by molar-refractivity contribution is 7.89. The lowest BCUT2D eigenvalue weighted by molar-refractivity contribution is 0.105. The minimum absolute atomic E-state index is 0.00913. The van der Waals surface area contributed by atoms with Crippen molar-refractivity contribution in [2.45, 2.75) is 24.8 Å². The number of nitrogens with one attached hydrogen (secondary N) is 1. The molecule has 0 saturated carbocycles. The molecule has 1 rings (SSSR count). The highest BCUT2D eigenvalue weighted by Gasteiger charge is 2.17. The van der Waals surface area contributed by atoms with Crippen LogP contribution in [-0.2, 0) is 10.0 Å². The number of aliphatic hydroxyl groups is 2. The second-order valence-corrected chi connectivity index (χ2v) is 5.75. The molecule has 1 aromatic rings. The van der Waals surface area contributed by atoms with Gasteiger partial charge in [0.05, 0.1) is 18.4 Å². The van der Waals surface area contributed by atoms with Crippen molar-refractivity contribution >= 4 is 15.7 Å². The molecule has 0 spiro atoms. The Bertz CT molecular complexity index is 528. The van der Waals surface area contributed by atoms with Crippen LogP contribution in [0.2, 0.25) is 0 Å². The molecule has 5 N–H and O–H groups in total. The van der Waals surface area contributed by atoms with Gasteiger partial charge in [0, 0.05) is 6.54 Å². The Morgan fingerprint density at radius 1 is 1.39 bits per heavy atom. The molecule has 7 heteroatoms. The van der Waals surface area contributed by atoms with Crippen molar-refractivity contribution in [2.24, 2.45) is 5.14 Å². The molecule has 0 aliphatic rings. The molecule has 0 heterocycles. The summed E-state index contributed by atoms with van der Waals surface area (Å²) in [6, 6.07) is 3.28. The largest absolute Gasteiger partial charge is 0.394 e. The van der Waals surface area contributed by atoms with Crippen molar-refractivity contribution in [3.05, 3.63) is 23.3 Å². The van der Waals surface area contributed by atoms with Gasteiger partial charge >= 0.3 is 0 Å². The first-order valence-corrected chi connectivity index (χ1v) is 6.97. The van der Waals surface area contributed by atoms with E-state index in [2.05, 4.69) is 5.32 Å². The van der Waals surface area contributed by atoms with Crippen LogP contribution in [0.15, 0.2) is 17.0 Å². The highest BCUT2D eigenvalue weighted by Crippen LogP contribution is 2.26. The zero-order valence-electron chi connectivity index (χ0n) is 10.3. The molecule has 0 fully saturated rings. The first-order valence-electron chi connectivity index (χ1n) is 5.42. The number of rotatable bonds is 5. The Morgan fingerprint density at radius 3 is 2.50 bits per heavy atom. The predicted molar refractivity (Wildman–Crippen MR) is 68.9 cm³/mol. The lowest BCUT2D eigenvalue weighted by Gasteiger charge is -2.16. The Balaban J connectivity index is 3.17. The van der Waals surface area contributed by atoms with Gasteiger partial charge in [-0.05, 0) is 31.0 Å². The molecule has 1 aromatic carbocycles. The number of primary sulfonamides is 1. The second kappa shape index (κ2) is 5.66. The van der Waals surface area contributed by atoms with E-state index in [1.54, 1.807) is 13.8 Å². The van der Waals surface area contributed by atoms with Crippen LogP contribution in [0.4, 0.5) is 5.69 Å². The summed E-state index contributed by atoms with van der Waals surface area (Å²) in [6.45, 7) is 3.16. The van der Waals surface area contributed by atoms with Crippen molar-refractivity contribution in [2.75, 3.05) is 18.5 Å². The summed E-state index contributed by atoms with van der Waals surface area (Å²) in [5, 5.41) is 25.9. The van der Waals surface area contributed by atoms with Crippen molar-refractivity contribution in [1.29, 1.82) is 0 Å². The third-order valence-corrected chi connectivity index (χ3v) is 3.41. The zero-order chi connectivity index (χ0) is 13.9. The van der Waals surface area contributed by atoms with E-state index < -0.39 is 22.7 Å². The van der Waals surface area contributed by atoms with Crippen LogP contribution in [0.1, 0.15) is 11.1 Å². The van der Waals surface area contributed by atoms with Crippen LogP contribution in [0, 0.1) is 13.8 Å². The summed E-state index contributed by atoms with van der Waals surface area (Å²) >= 11 is 0. The number of sulfonamides is 1. The molecule has 0 amide bonds. The number of benzene rings is 1. The standard InChI is InChI=1S/C11H18N2O4S/c1-7-3-8(2)11(13-5-9(15)6-14)10(4-7)18(12,16)17/h3-4,9,13-15H,5-6H2,1-2H3,(H2,12,16,17). The Hall–Kier alpha value is -1.15. The van der Waals surface area contributed by atoms with Gasteiger partial charge in [-0.2, -0.15) is 0 Å². The Morgan fingerprint density at radius 2 is 2.00 bits per heavy atom. The van der Waals surface area contributed by atoms with Gasteiger partial charge in [0.2, 0.25) is 10.0 Å². The summed E-state index contributed by atoms with van der Waals surface area (Å²) in [7, 11) is -3.84. The van der Waals surface area contributed by atoms with E-state index >= 15 is 0 Å². The van der Waals surface area contributed by atoms with Crippen LogP contribution in [0.5, 0.6) is 0 Å². The molecule has 0 bridgehead atoms. The van der Waals surface area contributed by atoms with Crippen molar-refractivity contribution in [3.8, 4) is 0 Å². The van der Waals surface area contributed by atoms with E-state index in [-0.39, 0.29) is 11.4 Å². The summed E-state index contributed by atoms with van der Waals surface area (Å²) < 4.78 is 23.0. The minimum Gasteiger partial charge on any atom is -0.394 e. The topological polar surface area (TPSA) is 113 Å². The zero-order valence-corrected chi connectivity index (χ0v) is 11.2. The number of hydrogen-bond donors (Lipinski definition) is 4. The van der Waals surface area contributed by atoms with E-state index in [9.17, 15) is 13.5 Å². The van der Waals surface area contributed by atoms with Gasteiger partial charge in [-0.25, -0.2) is 13.6 Å². The molecular formula is C11H18N2O4S. The molecular weight excluding hydrogens is 256 g/mol. The van der Waals surface area contributed by atoms with Crippen LogP contribution in [-0.4, -0.2) is 37.9 Å². The SMILES string of the molecule is Cc1cc(C)c(NCC(O)CO)c(S(N)(=O)=O)c1. The van der Waals surface area contributed by atoms with Crippen molar-refractivity contribution in [3.63, 3.8) is 0 Å². The van der Waals surface area contributed by atoms with Crippen molar-refractivity contribution < 1.29 is 18.6 Å². The summed E-state index contributed by atoms with van der Waals surface area (Å²) in [5.41, 5.74) is 1.85. The number of aliphatic hydroxyl groups excluding tert-OH is 2. The first kappa shape index (κ1) is 14.9. The maximum absolute atomic E-state index is 11.5. The van der Waals surface area contributed by atoms with Crippen molar-refractivity contribution in [1.82, 2.24) is 0 Å². The van der Waals surface area contributed by atoms with Gasteiger partial charge in [0.15, 0.2) is 0 Å². The molecule has 0 aromatic heterocycles. The van der Waals surface area contributed by atoms with Gasteiger partial charge in [-0.1, -0.05) is 6.07 Å². The molecule has 18 heavy (non-hydrogen) atoms. The predicted octanol–water partition coefficient (Wildman–Crippen LogP) is -0.284. The third-order valence-electron chi connectivity index (χ3n) is 2.48. The molecule has 0 aliphatic carbocycles. The first-order chi connectivity index (χ1) is 8.25.